The van der Waals surface area contributed by atoms with E-state index in [0.717, 1.165) is 10.0 Å². The van der Waals surface area contributed by atoms with Crippen molar-refractivity contribution in [2.24, 2.45) is 0 Å². The Labute approximate surface area is 139 Å². The SMILES string of the molecule is CCOC(c1ccc(Br)cc1)C(NC)C(=O)c1ccccc1. The predicted molar refractivity (Wildman–Crippen MR) is 92.1 cm³/mol. The molecule has 0 amide bonds. The fourth-order valence-corrected chi connectivity index (χ4v) is 2.68. The van der Waals surface area contributed by atoms with Crippen LogP contribution < -0.4 is 5.32 Å². The second-order valence-electron chi connectivity index (χ2n) is 4.92. The lowest BCUT2D eigenvalue weighted by atomic mass is 9.95. The Kier molecular flexibility index (Phi) is 6.31. The minimum atomic E-state index is -0.427. The van der Waals surface area contributed by atoms with Gasteiger partial charge in [-0.2, -0.15) is 0 Å². The molecule has 0 saturated heterocycles. The van der Waals surface area contributed by atoms with E-state index in [-0.39, 0.29) is 11.9 Å². The van der Waals surface area contributed by atoms with Crippen molar-refractivity contribution in [2.75, 3.05) is 13.7 Å². The largest absolute Gasteiger partial charge is 0.372 e. The third kappa shape index (κ3) is 4.03. The Morgan fingerprint density at radius 3 is 2.32 bits per heavy atom. The fraction of sp³-hybridized carbons (Fsp3) is 0.278. The van der Waals surface area contributed by atoms with Crippen LogP contribution in [0.15, 0.2) is 59.1 Å². The van der Waals surface area contributed by atoms with Crippen molar-refractivity contribution >= 4 is 21.7 Å². The lowest BCUT2D eigenvalue weighted by Crippen LogP contribution is -2.40. The van der Waals surface area contributed by atoms with Crippen molar-refractivity contribution in [1.82, 2.24) is 5.32 Å². The number of hydrogen-bond donors (Lipinski definition) is 1. The highest BCUT2D eigenvalue weighted by atomic mass is 79.9. The third-order valence-electron chi connectivity index (χ3n) is 3.50. The van der Waals surface area contributed by atoms with Gasteiger partial charge in [0.25, 0.3) is 0 Å². The number of ether oxygens (including phenoxy) is 1. The number of likely N-dealkylation sites (N-methyl/N-ethyl adjacent to an activating group) is 1. The van der Waals surface area contributed by atoms with E-state index in [4.69, 9.17) is 4.74 Å². The van der Waals surface area contributed by atoms with Gasteiger partial charge >= 0.3 is 0 Å². The molecule has 2 aromatic rings. The zero-order valence-electron chi connectivity index (χ0n) is 12.8. The van der Waals surface area contributed by atoms with Crippen LogP contribution in [0.3, 0.4) is 0 Å². The number of ketones is 1. The van der Waals surface area contributed by atoms with Crippen LogP contribution in [-0.2, 0) is 4.74 Å². The number of carbonyl (C=O) groups excluding carboxylic acids is 1. The molecule has 2 atom stereocenters. The Hall–Kier alpha value is -1.49. The summed E-state index contributed by atoms with van der Waals surface area (Å²) in [6.45, 7) is 2.48. The molecule has 0 spiro atoms. The van der Waals surface area contributed by atoms with E-state index >= 15 is 0 Å². The van der Waals surface area contributed by atoms with Crippen LogP contribution in [0.5, 0.6) is 0 Å². The first-order chi connectivity index (χ1) is 10.7. The van der Waals surface area contributed by atoms with Crippen molar-refractivity contribution in [1.29, 1.82) is 0 Å². The smallest absolute Gasteiger partial charge is 0.182 e. The molecule has 116 valence electrons. The van der Waals surface area contributed by atoms with Gasteiger partial charge in [-0.25, -0.2) is 0 Å². The summed E-state index contributed by atoms with van der Waals surface area (Å²) in [5.41, 5.74) is 1.66. The van der Waals surface area contributed by atoms with Crippen molar-refractivity contribution in [2.45, 2.75) is 19.1 Å². The minimum Gasteiger partial charge on any atom is -0.372 e. The highest BCUT2D eigenvalue weighted by Gasteiger charge is 2.29. The molecule has 0 aliphatic carbocycles. The van der Waals surface area contributed by atoms with Gasteiger partial charge in [0.2, 0.25) is 0 Å². The van der Waals surface area contributed by atoms with Crippen LogP contribution in [0.1, 0.15) is 28.9 Å². The van der Waals surface area contributed by atoms with Gasteiger partial charge in [0.15, 0.2) is 5.78 Å². The normalized spacial score (nSPS) is 13.6. The van der Waals surface area contributed by atoms with E-state index in [1.807, 2.05) is 61.5 Å². The lowest BCUT2D eigenvalue weighted by Gasteiger charge is -2.26. The molecule has 22 heavy (non-hydrogen) atoms. The summed E-state index contributed by atoms with van der Waals surface area (Å²) < 4.78 is 6.87. The van der Waals surface area contributed by atoms with E-state index in [2.05, 4.69) is 21.2 Å². The summed E-state index contributed by atoms with van der Waals surface area (Å²) in [6, 6.07) is 16.8. The number of nitrogens with one attached hydrogen (secondary N) is 1. The van der Waals surface area contributed by atoms with Gasteiger partial charge in [0, 0.05) is 16.6 Å². The molecule has 4 heteroatoms. The Bertz CT molecular complexity index is 598. The van der Waals surface area contributed by atoms with Gasteiger partial charge in [-0.1, -0.05) is 58.4 Å². The van der Waals surface area contributed by atoms with Crippen molar-refractivity contribution < 1.29 is 9.53 Å². The topological polar surface area (TPSA) is 38.3 Å². The zero-order chi connectivity index (χ0) is 15.9. The van der Waals surface area contributed by atoms with Gasteiger partial charge in [0.05, 0.1) is 0 Å². The molecular weight excluding hydrogens is 342 g/mol. The first-order valence-corrected chi connectivity index (χ1v) is 8.10. The summed E-state index contributed by atoms with van der Waals surface area (Å²) >= 11 is 3.43. The molecule has 3 nitrogen and oxygen atoms in total. The highest BCUT2D eigenvalue weighted by molar-refractivity contribution is 9.10. The van der Waals surface area contributed by atoms with Crippen molar-refractivity contribution in [3.8, 4) is 0 Å². The lowest BCUT2D eigenvalue weighted by molar-refractivity contribution is 0.0332. The number of halogens is 1. The summed E-state index contributed by atoms with van der Waals surface area (Å²) in [5.74, 6) is 0.0319. The molecule has 1 N–H and O–H groups in total. The molecule has 2 rings (SSSR count). The van der Waals surface area contributed by atoms with Crippen LogP contribution in [0.4, 0.5) is 0 Å². The molecule has 0 bridgehead atoms. The molecular formula is C18H20BrNO2. The summed E-state index contributed by atoms with van der Waals surface area (Å²) in [7, 11) is 1.79. The molecule has 0 radical (unpaired) electrons. The monoisotopic (exact) mass is 361 g/mol. The predicted octanol–water partition coefficient (Wildman–Crippen LogP) is 4.00. The minimum absolute atomic E-state index is 0.0319. The summed E-state index contributed by atoms with van der Waals surface area (Å²) in [4.78, 5) is 12.8. The number of carbonyl (C=O) groups is 1. The van der Waals surface area contributed by atoms with Crippen LogP contribution in [0.2, 0.25) is 0 Å². The van der Waals surface area contributed by atoms with Crippen LogP contribution in [0, 0.1) is 0 Å². The van der Waals surface area contributed by atoms with E-state index in [9.17, 15) is 4.79 Å². The maximum absolute atomic E-state index is 12.8. The molecule has 2 unspecified atom stereocenters. The molecule has 0 aromatic heterocycles. The van der Waals surface area contributed by atoms with Crippen molar-refractivity contribution in [3.05, 3.63) is 70.2 Å². The first kappa shape index (κ1) is 16.9. The maximum Gasteiger partial charge on any atom is 0.182 e. The van der Waals surface area contributed by atoms with E-state index in [1.165, 1.54) is 0 Å². The second-order valence-corrected chi connectivity index (χ2v) is 5.84. The standard InChI is InChI=1S/C18H20BrNO2/c1-3-22-18(14-9-11-15(19)12-10-14)16(20-2)17(21)13-7-5-4-6-8-13/h4-12,16,18,20H,3H2,1-2H3. The van der Waals surface area contributed by atoms with Gasteiger partial charge in [0.1, 0.15) is 12.1 Å². The zero-order valence-corrected chi connectivity index (χ0v) is 14.3. The number of benzene rings is 2. The number of hydrogen-bond acceptors (Lipinski definition) is 3. The van der Waals surface area contributed by atoms with Gasteiger partial charge < -0.3 is 10.1 Å². The van der Waals surface area contributed by atoms with E-state index in [1.54, 1.807) is 7.05 Å². The summed E-state index contributed by atoms with van der Waals surface area (Å²) in [5, 5.41) is 3.11. The van der Waals surface area contributed by atoms with Crippen LogP contribution >= 0.6 is 15.9 Å². The third-order valence-corrected chi connectivity index (χ3v) is 4.03. The van der Waals surface area contributed by atoms with E-state index in [0.29, 0.717) is 12.2 Å². The summed E-state index contributed by atoms with van der Waals surface area (Å²) in [6.07, 6.45) is -0.323. The number of Topliss-reactive ketones (excluding diaryl/α,β-unsaturated/α-hetero) is 1. The maximum atomic E-state index is 12.8. The molecule has 0 aliphatic heterocycles. The molecule has 0 fully saturated rings. The fourth-order valence-electron chi connectivity index (χ4n) is 2.42. The van der Waals surface area contributed by atoms with Crippen LogP contribution in [-0.4, -0.2) is 25.5 Å². The molecule has 0 heterocycles. The number of rotatable bonds is 7. The van der Waals surface area contributed by atoms with Crippen molar-refractivity contribution in [3.63, 3.8) is 0 Å². The Morgan fingerprint density at radius 2 is 1.77 bits per heavy atom. The quantitative estimate of drug-likeness (QED) is 0.757. The molecule has 0 aliphatic rings. The van der Waals surface area contributed by atoms with Crippen LogP contribution in [0.25, 0.3) is 0 Å². The molecule has 2 aromatic carbocycles. The first-order valence-electron chi connectivity index (χ1n) is 7.31. The average Bonchev–Trinajstić information content (AvgIpc) is 2.56. The van der Waals surface area contributed by atoms with Gasteiger partial charge in [-0.3, -0.25) is 4.79 Å². The van der Waals surface area contributed by atoms with E-state index < -0.39 is 6.04 Å². The highest BCUT2D eigenvalue weighted by Crippen LogP contribution is 2.25. The second kappa shape index (κ2) is 8.22. The molecule has 0 saturated carbocycles. The Morgan fingerprint density at radius 1 is 1.14 bits per heavy atom. The Balaban J connectivity index is 2.31. The van der Waals surface area contributed by atoms with Gasteiger partial charge in [-0.05, 0) is 31.7 Å². The van der Waals surface area contributed by atoms with Gasteiger partial charge in [-0.15, -0.1) is 0 Å². The average molecular weight is 362 g/mol.